The molecule has 0 unspecified atom stereocenters. The minimum atomic E-state index is 0.0922. The molecule has 0 bridgehead atoms. The van der Waals surface area contributed by atoms with E-state index in [4.69, 9.17) is 9.15 Å². The summed E-state index contributed by atoms with van der Waals surface area (Å²) in [5.41, 5.74) is 1.26. The van der Waals surface area contributed by atoms with Crippen molar-refractivity contribution in [3.05, 3.63) is 35.7 Å². The molecule has 2 aromatic rings. The Balaban J connectivity index is 1.66. The first-order valence-corrected chi connectivity index (χ1v) is 6.03. The van der Waals surface area contributed by atoms with E-state index < -0.39 is 0 Å². The van der Waals surface area contributed by atoms with Gasteiger partial charge in [0.2, 0.25) is 5.89 Å². The molecule has 0 amide bonds. The Hall–Kier alpha value is -2.04. The highest BCUT2D eigenvalue weighted by molar-refractivity contribution is 5.41. The Morgan fingerprint density at radius 1 is 1.28 bits per heavy atom. The molecule has 0 aliphatic carbocycles. The first-order valence-electron chi connectivity index (χ1n) is 6.03. The normalized spacial score (nSPS) is 21.4. The standard InChI is InChI=1S/C13H15N3O2/c1-8-10-5-3-4-6-11(10)18-12(8)7-14-13-16-15-9(2)17-13/h3-6,8,12H,7H2,1-2H3,(H,14,16)/t8-,12-/m1/s1. The Labute approximate surface area is 105 Å². The molecule has 0 radical (unpaired) electrons. The van der Waals surface area contributed by atoms with Gasteiger partial charge in [-0.25, -0.2) is 0 Å². The van der Waals surface area contributed by atoms with Gasteiger partial charge in [0.25, 0.3) is 0 Å². The number of anilines is 1. The van der Waals surface area contributed by atoms with Crippen LogP contribution in [0.3, 0.4) is 0 Å². The second-order valence-corrected chi connectivity index (χ2v) is 4.49. The van der Waals surface area contributed by atoms with Gasteiger partial charge in [0.05, 0.1) is 6.54 Å². The molecule has 0 fully saturated rings. The number of aryl methyl sites for hydroxylation is 1. The van der Waals surface area contributed by atoms with Crippen LogP contribution in [0.5, 0.6) is 5.75 Å². The number of rotatable bonds is 3. The van der Waals surface area contributed by atoms with E-state index in [2.05, 4.69) is 28.5 Å². The number of hydrogen-bond acceptors (Lipinski definition) is 5. The van der Waals surface area contributed by atoms with Crippen LogP contribution in [0.4, 0.5) is 6.01 Å². The third-order valence-electron chi connectivity index (χ3n) is 3.23. The van der Waals surface area contributed by atoms with Crippen LogP contribution in [0, 0.1) is 6.92 Å². The fraction of sp³-hybridized carbons (Fsp3) is 0.385. The lowest BCUT2D eigenvalue weighted by molar-refractivity contribution is 0.223. The zero-order chi connectivity index (χ0) is 12.5. The maximum Gasteiger partial charge on any atom is 0.315 e. The predicted molar refractivity (Wildman–Crippen MR) is 66.8 cm³/mol. The van der Waals surface area contributed by atoms with Crippen molar-refractivity contribution in [1.82, 2.24) is 10.2 Å². The van der Waals surface area contributed by atoms with Gasteiger partial charge in [0.15, 0.2) is 0 Å². The summed E-state index contributed by atoms with van der Waals surface area (Å²) in [4.78, 5) is 0. The van der Waals surface area contributed by atoms with Gasteiger partial charge in [-0.15, -0.1) is 5.10 Å². The highest BCUT2D eigenvalue weighted by Crippen LogP contribution is 2.37. The minimum Gasteiger partial charge on any atom is -0.488 e. The molecule has 1 aliphatic rings. The van der Waals surface area contributed by atoms with E-state index in [0.29, 0.717) is 24.4 Å². The van der Waals surface area contributed by atoms with Crippen LogP contribution in [0.1, 0.15) is 24.3 Å². The SMILES string of the molecule is Cc1nnc(NC[C@H]2Oc3ccccc3[C@H]2C)o1. The smallest absolute Gasteiger partial charge is 0.315 e. The quantitative estimate of drug-likeness (QED) is 0.899. The van der Waals surface area contributed by atoms with E-state index in [-0.39, 0.29) is 6.10 Å². The number of hydrogen-bond donors (Lipinski definition) is 1. The van der Waals surface area contributed by atoms with Crippen LogP contribution in [-0.4, -0.2) is 22.8 Å². The van der Waals surface area contributed by atoms with Crippen LogP contribution in [0.15, 0.2) is 28.7 Å². The van der Waals surface area contributed by atoms with Crippen molar-refractivity contribution in [3.8, 4) is 5.75 Å². The summed E-state index contributed by atoms with van der Waals surface area (Å²) < 4.78 is 11.2. The van der Waals surface area contributed by atoms with Crippen molar-refractivity contribution in [1.29, 1.82) is 0 Å². The molecular formula is C13H15N3O2. The van der Waals surface area contributed by atoms with Gasteiger partial charge in [-0.1, -0.05) is 30.2 Å². The molecule has 1 aromatic heterocycles. The molecule has 2 atom stereocenters. The topological polar surface area (TPSA) is 60.2 Å². The van der Waals surface area contributed by atoms with Gasteiger partial charge in [-0.05, 0) is 6.07 Å². The van der Waals surface area contributed by atoms with Gasteiger partial charge < -0.3 is 14.5 Å². The Morgan fingerprint density at radius 2 is 2.11 bits per heavy atom. The van der Waals surface area contributed by atoms with Gasteiger partial charge in [-0.3, -0.25) is 0 Å². The molecule has 5 nitrogen and oxygen atoms in total. The van der Waals surface area contributed by atoms with E-state index in [1.165, 1.54) is 5.56 Å². The first kappa shape index (κ1) is 11.1. The Kier molecular flexibility index (Phi) is 2.66. The van der Waals surface area contributed by atoms with Crippen molar-refractivity contribution >= 4 is 6.01 Å². The molecule has 0 saturated heterocycles. The molecule has 3 rings (SSSR count). The molecule has 5 heteroatoms. The fourth-order valence-corrected chi connectivity index (χ4v) is 2.20. The van der Waals surface area contributed by atoms with Crippen LogP contribution < -0.4 is 10.1 Å². The van der Waals surface area contributed by atoms with Crippen molar-refractivity contribution in [2.75, 3.05) is 11.9 Å². The largest absolute Gasteiger partial charge is 0.488 e. The van der Waals surface area contributed by atoms with Gasteiger partial charge in [-0.2, -0.15) is 0 Å². The molecule has 2 heterocycles. The molecule has 0 spiro atoms. The molecule has 18 heavy (non-hydrogen) atoms. The summed E-state index contributed by atoms with van der Waals surface area (Å²) in [5, 5.41) is 10.8. The zero-order valence-corrected chi connectivity index (χ0v) is 10.4. The van der Waals surface area contributed by atoms with Crippen molar-refractivity contribution in [3.63, 3.8) is 0 Å². The van der Waals surface area contributed by atoms with E-state index >= 15 is 0 Å². The van der Waals surface area contributed by atoms with E-state index in [9.17, 15) is 0 Å². The maximum absolute atomic E-state index is 5.90. The van der Waals surface area contributed by atoms with E-state index in [0.717, 1.165) is 5.75 Å². The lowest BCUT2D eigenvalue weighted by Crippen LogP contribution is -2.26. The number of nitrogens with one attached hydrogen (secondary N) is 1. The highest BCUT2D eigenvalue weighted by atomic mass is 16.5. The lowest BCUT2D eigenvalue weighted by Gasteiger charge is -2.14. The molecule has 1 aliphatic heterocycles. The number of fused-ring (bicyclic) bond motifs is 1. The minimum absolute atomic E-state index is 0.0922. The van der Waals surface area contributed by atoms with Crippen molar-refractivity contribution < 1.29 is 9.15 Å². The molecular weight excluding hydrogens is 230 g/mol. The summed E-state index contributed by atoms with van der Waals surface area (Å²) in [6, 6.07) is 8.58. The highest BCUT2D eigenvalue weighted by Gasteiger charge is 2.30. The van der Waals surface area contributed by atoms with Gasteiger partial charge in [0, 0.05) is 18.4 Å². The van der Waals surface area contributed by atoms with Crippen molar-refractivity contribution in [2.24, 2.45) is 0 Å². The van der Waals surface area contributed by atoms with Crippen LogP contribution in [0.25, 0.3) is 0 Å². The zero-order valence-electron chi connectivity index (χ0n) is 10.4. The summed E-state index contributed by atoms with van der Waals surface area (Å²) in [6.45, 7) is 4.58. The second-order valence-electron chi connectivity index (χ2n) is 4.49. The molecule has 1 aromatic carbocycles. The van der Waals surface area contributed by atoms with Crippen LogP contribution >= 0.6 is 0 Å². The number of aromatic nitrogens is 2. The average molecular weight is 245 g/mol. The monoisotopic (exact) mass is 245 g/mol. The average Bonchev–Trinajstić information content (AvgIpc) is 2.92. The van der Waals surface area contributed by atoms with Crippen LogP contribution in [0.2, 0.25) is 0 Å². The summed E-state index contributed by atoms with van der Waals surface area (Å²) in [7, 11) is 0. The number of benzene rings is 1. The van der Waals surface area contributed by atoms with Crippen molar-refractivity contribution in [2.45, 2.75) is 25.9 Å². The summed E-state index contributed by atoms with van der Waals surface area (Å²) >= 11 is 0. The predicted octanol–water partition coefficient (Wildman–Crippen LogP) is 2.35. The number of para-hydroxylation sites is 1. The molecule has 0 saturated carbocycles. The fourth-order valence-electron chi connectivity index (χ4n) is 2.20. The van der Waals surface area contributed by atoms with Gasteiger partial charge in [0.1, 0.15) is 11.9 Å². The summed E-state index contributed by atoms with van der Waals surface area (Å²) in [5.74, 6) is 1.89. The third-order valence-corrected chi connectivity index (χ3v) is 3.23. The Bertz CT molecular complexity index is 553. The maximum atomic E-state index is 5.90. The van der Waals surface area contributed by atoms with Gasteiger partial charge >= 0.3 is 6.01 Å². The number of nitrogens with zero attached hydrogens (tertiary/aromatic N) is 2. The summed E-state index contributed by atoms with van der Waals surface area (Å²) in [6.07, 6.45) is 0.0922. The Morgan fingerprint density at radius 3 is 2.83 bits per heavy atom. The molecule has 94 valence electrons. The third kappa shape index (κ3) is 1.92. The lowest BCUT2D eigenvalue weighted by atomic mass is 9.98. The second kappa shape index (κ2) is 4.33. The van der Waals surface area contributed by atoms with E-state index in [1.807, 2.05) is 18.2 Å². The number of ether oxygens (including phenoxy) is 1. The van der Waals surface area contributed by atoms with E-state index in [1.54, 1.807) is 6.92 Å². The van der Waals surface area contributed by atoms with Crippen LogP contribution in [-0.2, 0) is 0 Å². The molecule has 1 N–H and O–H groups in total. The first-order chi connectivity index (χ1) is 8.74.